The molecule has 0 aromatic heterocycles. The van der Waals surface area contributed by atoms with Gasteiger partial charge < -0.3 is 18.9 Å². The molecular weight excluding hydrogens is 402 g/mol. The number of ether oxygens (including phenoxy) is 4. The van der Waals surface area contributed by atoms with Crippen molar-refractivity contribution >= 4 is 17.8 Å². The standard InChI is InChI=1S/C7H9NO2.C7H10O2.C6H12O2.C3H6O/c1-4-5(2)7(10)8(3)6(4)9;1-3-6-4-5(2)7(8)9-6;1-6(3-7-2)4-8-5-6;1-3-2-4-3/h1-3H3;6H,2-4H2,1H3;3-5H2,1-2H3;3H,2H2,1H3. The Bertz CT molecular complexity index is 665. The number of hydrogen-bond donors (Lipinski definition) is 0. The Morgan fingerprint density at radius 2 is 1.65 bits per heavy atom. The number of likely N-dealkylation sites (N-methyl/N-ethyl adjacent to an activating group) is 1. The van der Waals surface area contributed by atoms with Crippen molar-refractivity contribution in [1.82, 2.24) is 4.90 Å². The SMILES string of the molecule is C=C1CC(CC)OC1=O.CC1=C(C)C(=O)N(C)C1=O.CC1CO1.COCC1(C)COC1. The van der Waals surface area contributed by atoms with Crippen molar-refractivity contribution in [2.75, 3.05) is 40.6 Å². The van der Waals surface area contributed by atoms with Gasteiger partial charge in [0.05, 0.1) is 32.5 Å². The third kappa shape index (κ3) is 8.55. The lowest BCUT2D eigenvalue weighted by atomic mass is 9.90. The number of cyclic esters (lactones) is 1. The van der Waals surface area contributed by atoms with Crippen molar-refractivity contribution in [3.63, 3.8) is 0 Å². The summed E-state index contributed by atoms with van der Waals surface area (Å²) in [7, 11) is 3.22. The second-order valence-electron chi connectivity index (χ2n) is 8.54. The number of rotatable bonds is 3. The Morgan fingerprint density at radius 3 is 1.77 bits per heavy atom. The van der Waals surface area contributed by atoms with Crippen LogP contribution in [0.5, 0.6) is 0 Å². The van der Waals surface area contributed by atoms with E-state index in [-0.39, 0.29) is 23.9 Å². The fourth-order valence-corrected chi connectivity index (χ4v) is 2.76. The summed E-state index contributed by atoms with van der Waals surface area (Å²) in [6.07, 6.45) is 2.30. The van der Waals surface area contributed by atoms with Gasteiger partial charge in [0.25, 0.3) is 11.8 Å². The van der Waals surface area contributed by atoms with Gasteiger partial charge in [-0.3, -0.25) is 14.5 Å². The molecule has 0 spiro atoms. The summed E-state index contributed by atoms with van der Waals surface area (Å²) in [5, 5.41) is 0. The zero-order valence-corrected chi connectivity index (χ0v) is 19.9. The second kappa shape index (κ2) is 12.1. The van der Waals surface area contributed by atoms with E-state index in [1.807, 2.05) is 6.92 Å². The van der Waals surface area contributed by atoms with Crippen LogP contribution in [-0.4, -0.2) is 75.5 Å². The first-order valence-electron chi connectivity index (χ1n) is 10.5. The normalized spacial score (nSPS) is 25.5. The molecule has 0 aromatic rings. The lowest BCUT2D eigenvalue weighted by Crippen LogP contribution is -2.43. The number of hydrogen-bond acceptors (Lipinski definition) is 7. The van der Waals surface area contributed by atoms with Crippen LogP contribution in [0.3, 0.4) is 0 Å². The molecule has 8 nitrogen and oxygen atoms in total. The molecule has 0 bridgehead atoms. The molecule has 2 unspecified atom stereocenters. The molecule has 3 saturated heterocycles. The molecule has 0 aromatic carbocycles. The van der Waals surface area contributed by atoms with Gasteiger partial charge in [-0.25, -0.2) is 4.79 Å². The zero-order valence-electron chi connectivity index (χ0n) is 19.9. The molecule has 2 atom stereocenters. The molecule has 176 valence electrons. The molecule has 8 heteroatoms. The van der Waals surface area contributed by atoms with Gasteiger partial charge in [-0.05, 0) is 27.2 Å². The Balaban J connectivity index is 0.000000214. The summed E-state index contributed by atoms with van der Waals surface area (Å²) in [6.45, 7) is 16.6. The van der Waals surface area contributed by atoms with Gasteiger partial charge in [0.1, 0.15) is 6.10 Å². The maximum absolute atomic E-state index is 11.0. The number of carbonyl (C=O) groups is 3. The highest BCUT2D eigenvalue weighted by molar-refractivity contribution is 6.18. The molecule has 4 heterocycles. The fourth-order valence-electron chi connectivity index (χ4n) is 2.76. The van der Waals surface area contributed by atoms with Gasteiger partial charge >= 0.3 is 5.97 Å². The highest BCUT2D eigenvalue weighted by atomic mass is 16.6. The van der Waals surface area contributed by atoms with Crippen LogP contribution in [-0.2, 0) is 33.3 Å². The van der Waals surface area contributed by atoms with Crippen molar-refractivity contribution in [2.45, 2.75) is 59.7 Å². The van der Waals surface area contributed by atoms with E-state index in [0.717, 1.165) is 44.2 Å². The molecule has 31 heavy (non-hydrogen) atoms. The Labute approximate surface area is 185 Å². The highest BCUT2D eigenvalue weighted by Gasteiger charge is 2.33. The van der Waals surface area contributed by atoms with Gasteiger partial charge in [0.15, 0.2) is 0 Å². The van der Waals surface area contributed by atoms with Crippen molar-refractivity contribution in [3.05, 3.63) is 23.3 Å². The molecule has 4 aliphatic rings. The van der Waals surface area contributed by atoms with Crippen LogP contribution in [0.2, 0.25) is 0 Å². The minimum absolute atomic E-state index is 0.102. The predicted molar refractivity (Wildman–Crippen MR) is 116 cm³/mol. The Kier molecular flexibility index (Phi) is 10.6. The summed E-state index contributed by atoms with van der Waals surface area (Å²) >= 11 is 0. The number of amides is 2. The molecule has 0 saturated carbocycles. The average Bonchev–Trinajstić information content (AvgIpc) is 3.41. The summed E-state index contributed by atoms with van der Waals surface area (Å²) < 4.78 is 19.6. The molecule has 0 aliphatic carbocycles. The molecule has 0 N–H and O–H groups in total. The molecule has 2 amide bonds. The van der Waals surface area contributed by atoms with Crippen molar-refractivity contribution in [3.8, 4) is 0 Å². The largest absolute Gasteiger partial charge is 0.459 e. The highest BCUT2D eigenvalue weighted by Crippen LogP contribution is 2.26. The minimum Gasteiger partial charge on any atom is -0.459 e. The van der Waals surface area contributed by atoms with Crippen LogP contribution < -0.4 is 0 Å². The summed E-state index contributed by atoms with van der Waals surface area (Å²) in [5.74, 6) is -0.577. The first kappa shape index (κ1) is 27.0. The number of methoxy groups -OCH3 is 1. The van der Waals surface area contributed by atoms with Crippen LogP contribution in [0.4, 0.5) is 0 Å². The first-order valence-corrected chi connectivity index (χ1v) is 10.5. The Hall–Kier alpha value is -2.03. The number of esters is 1. The van der Waals surface area contributed by atoms with Crippen molar-refractivity contribution in [1.29, 1.82) is 0 Å². The van der Waals surface area contributed by atoms with Gasteiger partial charge in [0.2, 0.25) is 0 Å². The van der Waals surface area contributed by atoms with Crippen LogP contribution in [0.15, 0.2) is 23.3 Å². The lowest BCUT2D eigenvalue weighted by molar-refractivity contribution is -0.139. The van der Waals surface area contributed by atoms with Crippen molar-refractivity contribution < 1.29 is 33.3 Å². The maximum Gasteiger partial charge on any atom is 0.333 e. The van der Waals surface area contributed by atoms with Crippen LogP contribution >= 0.6 is 0 Å². The topological polar surface area (TPSA) is 94.7 Å². The van der Waals surface area contributed by atoms with E-state index in [2.05, 4.69) is 20.4 Å². The van der Waals surface area contributed by atoms with Crippen LogP contribution in [0.25, 0.3) is 0 Å². The Morgan fingerprint density at radius 1 is 1.16 bits per heavy atom. The van der Waals surface area contributed by atoms with Crippen LogP contribution in [0, 0.1) is 5.41 Å². The number of imide groups is 1. The van der Waals surface area contributed by atoms with E-state index in [9.17, 15) is 14.4 Å². The summed E-state index contributed by atoms with van der Waals surface area (Å²) in [4.78, 5) is 33.7. The number of nitrogens with zero attached hydrogens (tertiary/aromatic N) is 1. The number of carbonyl (C=O) groups excluding carboxylic acids is 3. The second-order valence-corrected chi connectivity index (χ2v) is 8.54. The molecular formula is C23H37NO7. The van der Waals surface area contributed by atoms with Gasteiger partial charge in [-0.2, -0.15) is 0 Å². The zero-order chi connectivity index (χ0) is 23.8. The lowest BCUT2D eigenvalue weighted by Gasteiger charge is -2.37. The summed E-state index contributed by atoms with van der Waals surface area (Å²) in [6, 6.07) is 0. The summed E-state index contributed by atoms with van der Waals surface area (Å²) in [5.41, 5.74) is 2.07. The average molecular weight is 440 g/mol. The van der Waals surface area contributed by atoms with Crippen LogP contribution in [0.1, 0.15) is 47.5 Å². The van der Waals surface area contributed by atoms with Gasteiger partial charge in [0, 0.05) is 42.7 Å². The minimum atomic E-state index is -0.221. The van der Waals surface area contributed by atoms with E-state index in [1.54, 1.807) is 21.0 Å². The van der Waals surface area contributed by atoms with E-state index in [0.29, 0.717) is 28.2 Å². The third-order valence-electron chi connectivity index (χ3n) is 5.20. The molecule has 0 radical (unpaired) electrons. The van der Waals surface area contributed by atoms with Crippen molar-refractivity contribution in [2.24, 2.45) is 5.41 Å². The first-order chi connectivity index (χ1) is 14.5. The molecule has 4 rings (SSSR count). The van der Waals surface area contributed by atoms with Gasteiger partial charge in [-0.1, -0.05) is 20.4 Å². The smallest absolute Gasteiger partial charge is 0.333 e. The predicted octanol–water partition coefficient (Wildman–Crippen LogP) is 2.66. The monoisotopic (exact) mass is 439 g/mol. The molecule has 4 aliphatic heterocycles. The third-order valence-corrected chi connectivity index (χ3v) is 5.20. The van der Waals surface area contributed by atoms with E-state index < -0.39 is 0 Å². The molecule has 3 fully saturated rings. The van der Waals surface area contributed by atoms with E-state index >= 15 is 0 Å². The van der Waals surface area contributed by atoms with Gasteiger partial charge in [-0.15, -0.1) is 0 Å². The quantitative estimate of drug-likeness (QED) is 0.289. The maximum atomic E-state index is 11.0. The van der Waals surface area contributed by atoms with E-state index in [4.69, 9.17) is 18.9 Å². The number of epoxide rings is 1. The fraction of sp³-hybridized carbons (Fsp3) is 0.696. The van der Waals surface area contributed by atoms with E-state index in [1.165, 1.54) is 7.05 Å².